The summed E-state index contributed by atoms with van der Waals surface area (Å²) < 4.78 is 0. The third kappa shape index (κ3) is 2.71. The van der Waals surface area contributed by atoms with Crippen LogP contribution in [0.3, 0.4) is 0 Å². The molecule has 1 N–H and O–H groups in total. The monoisotopic (exact) mass is 329 g/mol. The van der Waals surface area contributed by atoms with Crippen molar-refractivity contribution in [3.8, 4) is 0 Å². The van der Waals surface area contributed by atoms with Gasteiger partial charge in [-0.25, -0.2) is 0 Å². The fourth-order valence-electron chi connectivity index (χ4n) is 2.73. The van der Waals surface area contributed by atoms with Gasteiger partial charge in [0.05, 0.1) is 23.6 Å². The van der Waals surface area contributed by atoms with E-state index < -0.39 is 23.8 Å². The van der Waals surface area contributed by atoms with Gasteiger partial charge in [-0.3, -0.25) is 19.3 Å². The number of hydrogen-bond donors (Lipinski definition) is 1. The Labute approximate surface area is 137 Å². The summed E-state index contributed by atoms with van der Waals surface area (Å²) in [4.78, 5) is 37.4. The number of carbonyl (C=O) groups is 3. The molecule has 3 rings (SSSR count). The van der Waals surface area contributed by atoms with E-state index in [2.05, 4.69) is 0 Å². The van der Waals surface area contributed by atoms with E-state index in [9.17, 15) is 19.5 Å². The predicted octanol–water partition coefficient (Wildman–Crippen LogP) is 3.15. The van der Waals surface area contributed by atoms with Crippen LogP contribution in [0, 0.1) is 0 Å². The Hall–Kier alpha value is -2.66. The third-order valence-corrected chi connectivity index (χ3v) is 3.97. The van der Waals surface area contributed by atoms with Gasteiger partial charge in [0.25, 0.3) is 11.8 Å². The summed E-state index contributed by atoms with van der Waals surface area (Å²) in [7, 11) is 0. The molecule has 6 heteroatoms. The Morgan fingerprint density at radius 1 is 1.04 bits per heavy atom. The summed E-state index contributed by atoms with van der Waals surface area (Å²) in [5, 5.41) is 9.59. The number of benzene rings is 2. The summed E-state index contributed by atoms with van der Waals surface area (Å²) in [5.41, 5.74) is 1.08. The molecule has 1 unspecified atom stereocenters. The molecule has 0 aromatic heterocycles. The van der Waals surface area contributed by atoms with Crippen molar-refractivity contribution in [1.29, 1.82) is 0 Å². The largest absolute Gasteiger partial charge is 0.481 e. The maximum absolute atomic E-state index is 12.6. The Kier molecular flexibility index (Phi) is 3.88. The zero-order chi connectivity index (χ0) is 16.6. The molecule has 0 aliphatic carbocycles. The summed E-state index contributed by atoms with van der Waals surface area (Å²) in [6.45, 7) is 0. The number of carbonyl (C=O) groups excluding carboxylic acids is 2. The Morgan fingerprint density at radius 3 is 2.17 bits per heavy atom. The average molecular weight is 330 g/mol. The molecule has 2 aromatic rings. The van der Waals surface area contributed by atoms with Crippen molar-refractivity contribution in [2.24, 2.45) is 0 Å². The summed E-state index contributed by atoms with van der Waals surface area (Å²) in [6, 6.07) is 12.1. The van der Waals surface area contributed by atoms with Crippen LogP contribution in [-0.4, -0.2) is 27.8 Å². The predicted molar refractivity (Wildman–Crippen MR) is 83.4 cm³/mol. The van der Waals surface area contributed by atoms with E-state index in [1.165, 1.54) is 0 Å². The van der Waals surface area contributed by atoms with Crippen LogP contribution in [0.2, 0.25) is 5.02 Å². The second kappa shape index (κ2) is 5.85. The summed E-state index contributed by atoms with van der Waals surface area (Å²) >= 11 is 5.96. The topological polar surface area (TPSA) is 74.7 Å². The molecule has 0 saturated heterocycles. The van der Waals surface area contributed by atoms with Crippen LogP contribution in [0.4, 0.5) is 0 Å². The van der Waals surface area contributed by atoms with E-state index in [1.807, 2.05) is 0 Å². The number of aliphatic carboxylic acids is 1. The lowest BCUT2D eigenvalue weighted by molar-refractivity contribution is -0.138. The van der Waals surface area contributed by atoms with Gasteiger partial charge >= 0.3 is 5.97 Å². The number of imide groups is 1. The molecule has 116 valence electrons. The van der Waals surface area contributed by atoms with Gasteiger partial charge in [0.1, 0.15) is 0 Å². The molecule has 1 atom stereocenters. The van der Waals surface area contributed by atoms with E-state index in [1.54, 1.807) is 48.5 Å². The maximum Gasteiger partial charge on any atom is 0.305 e. The van der Waals surface area contributed by atoms with Crippen LogP contribution in [0.25, 0.3) is 0 Å². The van der Waals surface area contributed by atoms with Crippen LogP contribution in [0.15, 0.2) is 48.5 Å². The minimum absolute atomic E-state index is 0.287. The summed E-state index contributed by atoms with van der Waals surface area (Å²) in [6.07, 6.45) is -0.383. The number of amides is 2. The quantitative estimate of drug-likeness (QED) is 0.874. The van der Waals surface area contributed by atoms with Crippen molar-refractivity contribution in [2.45, 2.75) is 12.5 Å². The molecule has 0 radical (unpaired) electrons. The molecular formula is C17H12ClNO4. The van der Waals surface area contributed by atoms with Gasteiger partial charge in [0, 0.05) is 5.02 Å². The highest BCUT2D eigenvalue weighted by atomic mass is 35.5. The number of hydrogen-bond acceptors (Lipinski definition) is 3. The average Bonchev–Trinajstić information content (AvgIpc) is 2.77. The SMILES string of the molecule is O=C(O)CC(c1cccc(Cl)c1)N1C(=O)c2ccccc2C1=O. The lowest BCUT2D eigenvalue weighted by Crippen LogP contribution is -2.35. The smallest absolute Gasteiger partial charge is 0.305 e. The number of rotatable bonds is 4. The molecule has 0 fully saturated rings. The van der Waals surface area contributed by atoms with E-state index in [0.29, 0.717) is 10.6 Å². The fraction of sp³-hybridized carbons (Fsp3) is 0.118. The standard InChI is InChI=1S/C17H12ClNO4/c18-11-5-3-4-10(8-11)14(9-15(20)21)19-16(22)12-6-1-2-7-13(12)17(19)23/h1-8,14H,9H2,(H,20,21). The zero-order valence-corrected chi connectivity index (χ0v) is 12.7. The number of halogens is 1. The normalized spacial score (nSPS) is 14.7. The minimum atomic E-state index is -1.11. The molecule has 1 heterocycles. The van der Waals surface area contributed by atoms with Gasteiger partial charge in [-0.1, -0.05) is 35.9 Å². The first kappa shape index (κ1) is 15.2. The second-order valence-corrected chi connectivity index (χ2v) is 5.63. The zero-order valence-electron chi connectivity index (χ0n) is 11.9. The molecule has 0 bridgehead atoms. The second-order valence-electron chi connectivity index (χ2n) is 5.19. The van der Waals surface area contributed by atoms with Crippen molar-refractivity contribution < 1.29 is 19.5 Å². The molecule has 2 aromatic carbocycles. The molecule has 0 spiro atoms. The van der Waals surface area contributed by atoms with Crippen molar-refractivity contribution >= 4 is 29.4 Å². The van der Waals surface area contributed by atoms with E-state index in [-0.39, 0.29) is 17.5 Å². The first-order valence-electron chi connectivity index (χ1n) is 6.93. The number of carboxylic acids is 1. The fourth-order valence-corrected chi connectivity index (χ4v) is 2.93. The first-order chi connectivity index (χ1) is 11.0. The van der Waals surface area contributed by atoms with Gasteiger partial charge in [0.2, 0.25) is 0 Å². The maximum atomic E-state index is 12.6. The lowest BCUT2D eigenvalue weighted by Gasteiger charge is -2.25. The molecule has 1 aliphatic rings. The van der Waals surface area contributed by atoms with Crippen LogP contribution >= 0.6 is 11.6 Å². The van der Waals surface area contributed by atoms with Crippen LogP contribution in [-0.2, 0) is 4.79 Å². The number of carboxylic acid groups (broad SMARTS) is 1. The molecule has 1 aliphatic heterocycles. The van der Waals surface area contributed by atoms with Gasteiger partial charge in [-0.2, -0.15) is 0 Å². The summed E-state index contributed by atoms with van der Waals surface area (Å²) in [5.74, 6) is -2.08. The Bertz CT molecular complexity index is 783. The van der Waals surface area contributed by atoms with Gasteiger partial charge in [0.15, 0.2) is 0 Å². The van der Waals surface area contributed by atoms with E-state index in [0.717, 1.165) is 4.90 Å². The molecule has 0 saturated carbocycles. The van der Waals surface area contributed by atoms with Crippen molar-refractivity contribution in [2.75, 3.05) is 0 Å². The van der Waals surface area contributed by atoms with Gasteiger partial charge < -0.3 is 5.11 Å². The Morgan fingerprint density at radius 2 is 1.65 bits per heavy atom. The van der Waals surface area contributed by atoms with Crippen LogP contribution in [0.5, 0.6) is 0 Å². The lowest BCUT2D eigenvalue weighted by atomic mass is 10.0. The Balaban J connectivity index is 2.07. The first-order valence-corrected chi connectivity index (χ1v) is 7.31. The van der Waals surface area contributed by atoms with Crippen LogP contribution < -0.4 is 0 Å². The van der Waals surface area contributed by atoms with Gasteiger partial charge in [-0.05, 0) is 29.8 Å². The molecule has 5 nitrogen and oxygen atoms in total. The highest BCUT2D eigenvalue weighted by molar-refractivity contribution is 6.30. The number of nitrogens with zero attached hydrogens (tertiary/aromatic N) is 1. The van der Waals surface area contributed by atoms with E-state index >= 15 is 0 Å². The van der Waals surface area contributed by atoms with Crippen molar-refractivity contribution in [1.82, 2.24) is 4.90 Å². The number of fused-ring (bicyclic) bond motifs is 1. The highest BCUT2D eigenvalue weighted by Crippen LogP contribution is 2.34. The van der Waals surface area contributed by atoms with Crippen molar-refractivity contribution in [3.05, 3.63) is 70.2 Å². The van der Waals surface area contributed by atoms with E-state index in [4.69, 9.17) is 11.6 Å². The van der Waals surface area contributed by atoms with Crippen molar-refractivity contribution in [3.63, 3.8) is 0 Å². The third-order valence-electron chi connectivity index (χ3n) is 3.74. The molecular weight excluding hydrogens is 318 g/mol. The minimum Gasteiger partial charge on any atom is -0.481 e. The van der Waals surface area contributed by atoms with Gasteiger partial charge in [-0.15, -0.1) is 0 Å². The highest BCUT2D eigenvalue weighted by Gasteiger charge is 2.41. The van der Waals surface area contributed by atoms with Crippen LogP contribution in [0.1, 0.15) is 38.7 Å². The molecule has 2 amide bonds. The molecule has 23 heavy (non-hydrogen) atoms.